The lowest BCUT2D eigenvalue weighted by Gasteiger charge is -2.31. The van der Waals surface area contributed by atoms with Crippen molar-refractivity contribution < 1.29 is 19.1 Å². The Bertz CT molecular complexity index is 922. The highest BCUT2D eigenvalue weighted by Crippen LogP contribution is 2.22. The van der Waals surface area contributed by atoms with Crippen molar-refractivity contribution in [3.63, 3.8) is 0 Å². The van der Waals surface area contributed by atoms with E-state index in [2.05, 4.69) is 20.8 Å². The van der Waals surface area contributed by atoms with Crippen LogP contribution in [0.2, 0.25) is 0 Å². The fourth-order valence-corrected chi connectivity index (χ4v) is 3.91. The van der Waals surface area contributed by atoms with Crippen LogP contribution in [-0.4, -0.2) is 59.1 Å². The summed E-state index contributed by atoms with van der Waals surface area (Å²) < 4.78 is 5.09. The van der Waals surface area contributed by atoms with Crippen molar-refractivity contribution in [3.05, 3.63) is 34.3 Å². The van der Waals surface area contributed by atoms with Gasteiger partial charge in [-0.25, -0.2) is 0 Å². The van der Waals surface area contributed by atoms with Gasteiger partial charge in [-0.3, -0.25) is 14.4 Å². The number of amides is 3. The van der Waals surface area contributed by atoms with Gasteiger partial charge in [0.05, 0.1) is 7.11 Å². The van der Waals surface area contributed by atoms with Gasteiger partial charge in [-0.15, -0.1) is 10.2 Å². The fraction of sp³-hybridized carbons (Fsp3) is 0.476. The minimum Gasteiger partial charge on any atom is -0.497 e. The molecule has 2 N–H and O–H groups in total. The minimum atomic E-state index is -0.429. The molecule has 166 valence electrons. The number of aromatic nitrogens is 2. The molecule has 3 amide bonds. The summed E-state index contributed by atoms with van der Waals surface area (Å²) in [5.41, 5.74) is 0.589. The number of benzene rings is 1. The monoisotopic (exact) mass is 445 g/mol. The van der Waals surface area contributed by atoms with Gasteiger partial charge in [-0.05, 0) is 50.5 Å². The molecule has 2 heterocycles. The maximum Gasteiger partial charge on any atom is 0.286 e. The molecular weight excluding hydrogens is 418 g/mol. The summed E-state index contributed by atoms with van der Waals surface area (Å²) in [4.78, 5) is 39.1. The molecule has 1 aliphatic heterocycles. The molecule has 0 bridgehead atoms. The Labute approximate surface area is 185 Å². The first-order valence-corrected chi connectivity index (χ1v) is 11.1. The maximum absolute atomic E-state index is 12.8. The Morgan fingerprint density at radius 2 is 1.81 bits per heavy atom. The smallest absolute Gasteiger partial charge is 0.286 e. The van der Waals surface area contributed by atoms with Crippen molar-refractivity contribution in [2.45, 2.75) is 39.2 Å². The van der Waals surface area contributed by atoms with Crippen molar-refractivity contribution in [2.24, 2.45) is 5.92 Å². The van der Waals surface area contributed by atoms with Gasteiger partial charge in [0.1, 0.15) is 5.75 Å². The lowest BCUT2D eigenvalue weighted by Crippen LogP contribution is -2.44. The summed E-state index contributed by atoms with van der Waals surface area (Å²) in [6.07, 6.45) is 2.10. The molecule has 1 fully saturated rings. The van der Waals surface area contributed by atoms with Crippen molar-refractivity contribution in [3.8, 4) is 5.75 Å². The van der Waals surface area contributed by atoms with Gasteiger partial charge < -0.3 is 20.3 Å². The SMILES string of the molecule is CC[C@@H](C)NC(=O)C1CCN(C(=O)c2nnc(C(=O)Nc3ccc(OC)cc3)s2)CC1. The Morgan fingerprint density at radius 3 is 2.42 bits per heavy atom. The van der Waals surface area contributed by atoms with E-state index in [1.807, 2.05) is 13.8 Å². The van der Waals surface area contributed by atoms with Gasteiger partial charge >= 0.3 is 0 Å². The Balaban J connectivity index is 1.54. The first-order chi connectivity index (χ1) is 14.9. The summed E-state index contributed by atoms with van der Waals surface area (Å²) in [6, 6.07) is 7.04. The molecule has 3 rings (SSSR count). The quantitative estimate of drug-likeness (QED) is 0.677. The molecule has 1 atom stereocenters. The van der Waals surface area contributed by atoms with Crippen LogP contribution in [0.5, 0.6) is 5.75 Å². The molecule has 0 radical (unpaired) electrons. The number of piperidine rings is 1. The summed E-state index contributed by atoms with van der Waals surface area (Å²) in [7, 11) is 1.57. The van der Waals surface area contributed by atoms with Crippen LogP contribution in [0, 0.1) is 5.92 Å². The Morgan fingerprint density at radius 1 is 1.16 bits per heavy atom. The van der Waals surface area contributed by atoms with Crippen molar-refractivity contribution in [1.29, 1.82) is 0 Å². The normalized spacial score (nSPS) is 15.3. The van der Waals surface area contributed by atoms with E-state index in [1.54, 1.807) is 36.3 Å². The number of hydrogen-bond donors (Lipinski definition) is 2. The van der Waals surface area contributed by atoms with Crippen LogP contribution in [-0.2, 0) is 4.79 Å². The second-order valence-electron chi connectivity index (χ2n) is 7.48. The predicted molar refractivity (Wildman–Crippen MR) is 117 cm³/mol. The van der Waals surface area contributed by atoms with E-state index in [4.69, 9.17) is 4.74 Å². The number of methoxy groups -OCH3 is 1. The fourth-order valence-electron chi connectivity index (χ4n) is 3.20. The standard InChI is InChI=1S/C21H27N5O4S/c1-4-13(2)22-17(27)14-9-11-26(12-10-14)21(29)20-25-24-19(31-20)18(28)23-15-5-7-16(30-3)8-6-15/h5-8,13-14H,4,9-12H2,1-3H3,(H,22,27)(H,23,28)/t13-/m1/s1. The molecule has 31 heavy (non-hydrogen) atoms. The third kappa shape index (κ3) is 5.78. The Hall–Kier alpha value is -3.01. The second-order valence-corrected chi connectivity index (χ2v) is 8.46. The molecule has 0 aliphatic carbocycles. The maximum atomic E-state index is 12.8. The highest BCUT2D eigenvalue weighted by atomic mass is 32.1. The van der Waals surface area contributed by atoms with E-state index in [0.717, 1.165) is 17.8 Å². The number of rotatable bonds is 7. The molecule has 10 heteroatoms. The first-order valence-electron chi connectivity index (χ1n) is 10.3. The topological polar surface area (TPSA) is 114 Å². The summed E-state index contributed by atoms with van der Waals surface area (Å²) in [6.45, 7) is 4.96. The Kier molecular flexibility index (Phi) is 7.56. The average molecular weight is 446 g/mol. The van der Waals surface area contributed by atoms with Crippen molar-refractivity contribution in [1.82, 2.24) is 20.4 Å². The zero-order valence-corrected chi connectivity index (χ0v) is 18.7. The number of carbonyl (C=O) groups is 3. The van der Waals surface area contributed by atoms with Crippen LogP contribution in [0.3, 0.4) is 0 Å². The molecular formula is C21H27N5O4S. The molecule has 1 aromatic heterocycles. The molecule has 0 spiro atoms. The van der Waals surface area contributed by atoms with E-state index in [1.165, 1.54) is 0 Å². The van der Waals surface area contributed by atoms with Crippen LogP contribution in [0.25, 0.3) is 0 Å². The second kappa shape index (κ2) is 10.3. The minimum absolute atomic E-state index is 0.0508. The third-order valence-electron chi connectivity index (χ3n) is 5.30. The molecule has 0 unspecified atom stereocenters. The van der Waals surface area contributed by atoms with E-state index in [9.17, 15) is 14.4 Å². The van der Waals surface area contributed by atoms with Gasteiger partial charge in [-0.1, -0.05) is 18.3 Å². The lowest BCUT2D eigenvalue weighted by atomic mass is 9.95. The predicted octanol–water partition coefficient (Wildman–Crippen LogP) is 2.57. The highest BCUT2D eigenvalue weighted by Gasteiger charge is 2.30. The summed E-state index contributed by atoms with van der Waals surface area (Å²) in [5.74, 6) is -0.0417. The number of hydrogen-bond acceptors (Lipinski definition) is 7. The summed E-state index contributed by atoms with van der Waals surface area (Å²) >= 11 is 0.959. The van der Waals surface area contributed by atoms with Gasteiger partial charge in [0, 0.05) is 30.7 Å². The number of nitrogens with one attached hydrogen (secondary N) is 2. The number of carbonyl (C=O) groups excluding carboxylic acids is 3. The van der Waals surface area contributed by atoms with Crippen LogP contribution in [0.15, 0.2) is 24.3 Å². The van der Waals surface area contributed by atoms with Crippen molar-refractivity contribution in [2.75, 3.05) is 25.5 Å². The van der Waals surface area contributed by atoms with Gasteiger partial charge in [0.2, 0.25) is 15.9 Å². The largest absolute Gasteiger partial charge is 0.497 e. The van der Waals surface area contributed by atoms with Crippen LogP contribution in [0.4, 0.5) is 5.69 Å². The van der Waals surface area contributed by atoms with E-state index >= 15 is 0 Å². The highest BCUT2D eigenvalue weighted by molar-refractivity contribution is 7.15. The number of likely N-dealkylation sites (tertiary alicyclic amines) is 1. The van der Waals surface area contributed by atoms with Crippen molar-refractivity contribution >= 4 is 34.7 Å². The number of ether oxygens (including phenoxy) is 1. The third-order valence-corrected chi connectivity index (χ3v) is 6.21. The first kappa shape index (κ1) is 22.7. The molecule has 1 saturated heterocycles. The van der Waals surface area contributed by atoms with Gasteiger partial charge in [0.15, 0.2) is 0 Å². The molecule has 0 saturated carbocycles. The van der Waals surface area contributed by atoms with E-state index in [0.29, 0.717) is 37.4 Å². The zero-order valence-electron chi connectivity index (χ0n) is 17.9. The van der Waals surface area contributed by atoms with Crippen LogP contribution >= 0.6 is 11.3 Å². The average Bonchev–Trinajstić information content (AvgIpc) is 3.29. The van der Waals surface area contributed by atoms with Crippen LogP contribution in [0.1, 0.15) is 52.7 Å². The summed E-state index contributed by atoms with van der Waals surface area (Å²) in [5, 5.41) is 13.8. The molecule has 1 aliphatic rings. The number of nitrogens with zero attached hydrogens (tertiary/aromatic N) is 3. The number of anilines is 1. The van der Waals surface area contributed by atoms with Gasteiger partial charge in [-0.2, -0.15) is 0 Å². The lowest BCUT2D eigenvalue weighted by molar-refractivity contribution is -0.126. The van der Waals surface area contributed by atoms with Gasteiger partial charge in [0.25, 0.3) is 11.8 Å². The molecule has 9 nitrogen and oxygen atoms in total. The van der Waals surface area contributed by atoms with Crippen LogP contribution < -0.4 is 15.4 Å². The molecule has 1 aromatic carbocycles. The molecule has 2 aromatic rings. The van der Waals surface area contributed by atoms with E-state index in [-0.39, 0.29) is 33.8 Å². The van der Waals surface area contributed by atoms with E-state index < -0.39 is 5.91 Å². The zero-order chi connectivity index (χ0) is 22.4.